The standard InChI is InChI=1S/C85H52/c1-2-18-55(19-3-1)80-82(69-36-14-32-63-61-30-6-4-16-50(61)38-42-65(63)69)83(70-37-15-33-64-62-31-7-5-17-51(62)39-43-66(64)70)85-81(72-45-41-57-25-9-23-54-27-13-35-71(72)79(54)57)75-49-74(67-44-40-56-24-8-22-53-26-12-34-68(67)78(53)56)73(48-76(75)84(80)85)60-46-58-28-10-20-52-21-11-29-59(47-60)77(52)58/h1-20,22,25-49H,21,23-24H2. The van der Waals surface area contributed by atoms with E-state index in [-0.39, 0.29) is 0 Å². The molecular weight excluding hydrogens is 1020 g/mol. The number of hydrogen-bond donors (Lipinski definition) is 0. The first-order valence-corrected chi connectivity index (χ1v) is 30.1. The van der Waals surface area contributed by atoms with Crippen LogP contribution < -0.4 is 0 Å². The molecule has 0 radical (unpaired) electrons. The Morgan fingerprint density at radius 1 is 0.200 bits per heavy atom. The van der Waals surface area contributed by atoms with Gasteiger partial charge in [-0.3, -0.25) is 0 Å². The third-order valence-corrected chi connectivity index (χ3v) is 19.6. The molecule has 85 heavy (non-hydrogen) atoms. The topological polar surface area (TPSA) is 0 Å². The van der Waals surface area contributed by atoms with Crippen LogP contribution in [0.5, 0.6) is 0 Å². The largest absolute Gasteiger partial charge is 0.0795 e. The fraction of sp³-hybridized carbons (Fsp3) is 0.0353. The highest BCUT2D eigenvalue weighted by molar-refractivity contribution is 6.42. The molecule has 0 amide bonds. The van der Waals surface area contributed by atoms with Crippen molar-refractivity contribution < 1.29 is 0 Å². The molecule has 5 aliphatic carbocycles. The van der Waals surface area contributed by atoms with Gasteiger partial charge in [0.05, 0.1) is 0 Å². The third-order valence-electron chi connectivity index (χ3n) is 19.6. The van der Waals surface area contributed by atoms with Gasteiger partial charge < -0.3 is 0 Å². The lowest BCUT2D eigenvalue weighted by Crippen LogP contribution is -2.01. The summed E-state index contributed by atoms with van der Waals surface area (Å²) >= 11 is 0. The Morgan fingerprint density at radius 3 is 1.41 bits per heavy atom. The summed E-state index contributed by atoms with van der Waals surface area (Å²) in [4.78, 5) is 0. The minimum Gasteiger partial charge on any atom is -0.0795 e. The van der Waals surface area contributed by atoms with E-state index in [1.165, 1.54) is 198 Å². The van der Waals surface area contributed by atoms with Gasteiger partial charge >= 0.3 is 0 Å². The highest BCUT2D eigenvalue weighted by atomic mass is 14.4. The fourth-order valence-electron chi connectivity index (χ4n) is 16.0. The molecular formula is C85H52. The van der Waals surface area contributed by atoms with Crippen molar-refractivity contribution in [2.75, 3.05) is 0 Å². The molecule has 0 aromatic heterocycles. The Balaban J connectivity index is 1.03. The number of fused-ring (bicyclic) bond motifs is 9. The van der Waals surface area contributed by atoms with Gasteiger partial charge in [-0.1, -0.05) is 255 Å². The van der Waals surface area contributed by atoms with Crippen molar-refractivity contribution in [2.45, 2.75) is 19.3 Å². The summed E-state index contributed by atoms with van der Waals surface area (Å²) in [6.45, 7) is 0. The van der Waals surface area contributed by atoms with Gasteiger partial charge in [-0.25, -0.2) is 0 Å². The first kappa shape index (κ1) is 46.9. The van der Waals surface area contributed by atoms with Crippen LogP contribution in [0.2, 0.25) is 0 Å². The van der Waals surface area contributed by atoms with E-state index in [1.54, 1.807) is 0 Å². The van der Waals surface area contributed by atoms with E-state index in [2.05, 4.69) is 279 Å². The van der Waals surface area contributed by atoms with Crippen LogP contribution in [0.15, 0.2) is 266 Å². The van der Waals surface area contributed by atoms with Crippen molar-refractivity contribution >= 4 is 122 Å². The lowest BCUT2D eigenvalue weighted by Gasteiger charge is -2.23. The van der Waals surface area contributed by atoms with Crippen molar-refractivity contribution in [3.8, 4) is 22.3 Å². The van der Waals surface area contributed by atoms with Crippen molar-refractivity contribution in [3.63, 3.8) is 0 Å². The molecule has 0 nitrogen and oxygen atoms in total. The summed E-state index contributed by atoms with van der Waals surface area (Å²) in [7, 11) is 0. The molecule has 0 saturated heterocycles. The Hall–Kier alpha value is -10.7. The summed E-state index contributed by atoms with van der Waals surface area (Å²) in [5.41, 5.74) is 28.1. The molecule has 0 bridgehead atoms. The number of allylic oxidation sites excluding steroid dienone is 8. The summed E-state index contributed by atoms with van der Waals surface area (Å²) < 4.78 is 0. The van der Waals surface area contributed by atoms with Crippen molar-refractivity contribution in [1.29, 1.82) is 0 Å². The predicted octanol–water partition coefficient (Wildman–Crippen LogP) is 22.2. The van der Waals surface area contributed by atoms with Crippen LogP contribution in [-0.2, 0) is 19.3 Å². The predicted molar refractivity (Wildman–Crippen MR) is 363 cm³/mol. The maximum atomic E-state index is 2.64. The summed E-state index contributed by atoms with van der Waals surface area (Å²) in [5, 5.41) is 18.0. The Kier molecular flexibility index (Phi) is 9.89. The van der Waals surface area contributed by atoms with E-state index < -0.39 is 0 Å². The van der Waals surface area contributed by atoms with Gasteiger partial charge in [-0.15, -0.1) is 0 Å². The van der Waals surface area contributed by atoms with E-state index in [0.29, 0.717) is 0 Å². The lowest BCUT2D eigenvalue weighted by atomic mass is 9.80. The average molecular weight is 1070 g/mol. The Labute approximate surface area is 493 Å². The molecule has 0 heteroatoms. The molecule has 0 spiro atoms. The zero-order valence-electron chi connectivity index (χ0n) is 46.7. The SMILES string of the molecule is C1=Cc2cc(-c3cc4c(cc3-c3ccc5c6c(cccc36)C=CC5)C(c3ccc5c6c(cccc36)CC=C5)=C3C4=C(c4ccccc4)C(c4cccc5c4ccc4ccccc45)=C3c3cccc4c3ccc3ccccc34)cc3cccc(c23)C1. The van der Waals surface area contributed by atoms with Crippen LogP contribution in [0.3, 0.4) is 0 Å². The molecule has 0 fully saturated rings. The number of benzene rings is 14. The third kappa shape index (κ3) is 6.74. The number of hydrogen-bond acceptors (Lipinski definition) is 0. The molecule has 14 aromatic rings. The van der Waals surface area contributed by atoms with Crippen LogP contribution in [0.25, 0.3) is 144 Å². The van der Waals surface area contributed by atoms with Gasteiger partial charge in [0.15, 0.2) is 0 Å². The van der Waals surface area contributed by atoms with E-state index >= 15 is 0 Å². The van der Waals surface area contributed by atoms with Gasteiger partial charge in [0.2, 0.25) is 0 Å². The van der Waals surface area contributed by atoms with E-state index in [0.717, 1.165) is 19.3 Å². The van der Waals surface area contributed by atoms with Crippen molar-refractivity contribution in [2.24, 2.45) is 0 Å². The van der Waals surface area contributed by atoms with E-state index in [1.807, 2.05) is 0 Å². The van der Waals surface area contributed by atoms with Crippen molar-refractivity contribution in [3.05, 3.63) is 333 Å². The molecule has 5 aliphatic rings. The minimum atomic E-state index is 0.910. The van der Waals surface area contributed by atoms with Gasteiger partial charge in [-0.2, -0.15) is 0 Å². The smallest absolute Gasteiger partial charge is 0.0000926 e. The normalized spacial score (nSPS) is 14.6. The molecule has 14 aromatic carbocycles. The minimum absolute atomic E-state index is 0.910. The molecule has 0 heterocycles. The lowest BCUT2D eigenvalue weighted by molar-refractivity contribution is 1.29. The molecule has 0 unspecified atom stereocenters. The Morgan fingerprint density at radius 2 is 0.694 bits per heavy atom. The quantitative estimate of drug-likeness (QED) is 0.146. The van der Waals surface area contributed by atoms with Crippen LogP contribution >= 0.6 is 0 Å². The monoisotopic (exact) mass is 1070 g/mol. The second kappa shape index (κ2) is 17.9. The van der Waals surface area contributed by atoms with Crippen molar-refractivity contribution in [1.82, 2.24) is 0 Å². The second-order valence-electron chi connectivity index (χ2n) is 23.9. The second-order valence-corrected chi connectivity index (χ2v) is 23.9. The van der Waals surface area contributed by atoms with E-state index in [9.17, 15) is 0 Å². The fourth-order valence-corrected chi connectivity index (χ4v) is 16.0. The van der Waals surface area contributed by atoms with Crippen LogP contribution in [0.4, 0.5) is 0 Å². The molecule has 392 valence electrons. The molecule has 19 rings (SSSR count). The van der Waals surface area contributed by atoms with E-state index in [4.69, 9.17) is 0 Å². The molecule has 0 saturated carbocycles. The van der Waals surface area contributed by atoms with Gasteiger partial charge in [0.1, 0.15) is 0 Å². The van der Waals surface area contributed by atoms with Gasteiger partial charge in [-0.05, 0) is 241 Å². The maximum Gasteiger partial charge on any atom is -0.0000926 e. The zero-order valence-corrected chi connectivity index (χ0v) is 46.7. The highest BCUT2D eigenvalue weighted by Gasteiger charge is 2.42. The molecule has 0 N–H and O–H groups in total. The first-order chi connectivity index (χ1) is 42.2. The van der Waals surface area contributed by atoms with Crippen LogP contribution in [-0.4, -0.2) is 0 Å². The van der Waals surface area contributed by atoms with Gasteiger partial charge in [0.25, 0.3) is 0 Å². The highest BCUT2D eigenvalue weighted by Crippen LogP contribution is 2.64. The summed E-state index contributed by atoms with van der Waals surface area (Å²) in [6, 6.07) is 93.7. The molecule has 0 atom stereocenters. The van der Waals surface area contributed by atoms with Crippen LogP contribution in [0, 0.1) is 0 Å². The Bertz CT molecular complexity index is 5590. The number of rotatable bonds is 6. The first-order valence-electron chi connectivity index (χ1n) is 30.1. The molecule has 0 aliphatic heterocycles. The van der Waals surface area contributed by atoms with Crippen LogP contribution in [0.1, 0.15) is 66.8 Å². The summed E-state index contributed by atoms with van der Waals surface area (Å²) in [6.07, 6.45) is 16.8. The zero-order chi connectivity index (χ0) is 55.4. The van der Waals surface area contributed by atoms with Gasteiger partial charge in [0, 0.05) is 0 Å². The maximum absolute atomic E-state index is 2.64. The average Bonchev–Trinajstić information content (AvgIpc) is 1.87. The summed E-state index contributed by atoms with van der Waals surface area (Å²) in [5.74, 6) is 0.